The summed E-state index contributed by atoms with van der Waals surface area (Å²) in [6.07, 6.45) is 0.369. The molecule has 1 heterocycles. The van der Waals surface area contributed by atoms with Gasteiger partial charge in [-0.25, -0.2) is 4.79 Å². The van der Waals surface area contributed by atoms with Gasteiger partial charge in [0.25, 0.3) is 0 Å². The minimum Gasteiger partial charge on any atom is -0.444 e. The summed E-state index contributed by atoms with van der Waals surface area (Å²) in [5.74, 6) is 0.377. The average molecular weight is 210 g/mol. The molecule has 15 heavy (non-hydrogen) atoms. The fraction of sp³-hybridized carbons (Fsp3) is 0.818. The number of ether oxygens (including phenoxy) is 1. The molecule has 1 rings (SSSR count). The van der Waals surface area contributed by atoms with E-state index >= 15 is 0 Å². The molecule has 0 spiro atoms. The van der Waals surface area contributed by atoms with Crippen LogP contribution in [0.5, 0.6) is 0 Å². The van der Waals surface area contributed by atoms with Crippen molar-refractivity contribution in [2.75, 3.05) is 6.54 Å². The summed E-state index contributed by atoms with van der Waals surface area (Å²) in [5, 5.41) is 8.90. The second kappa shape index (κ2) is 4.09. The maximum atomic E-state index is 11.7. The van der Waals surface area contributed by atoms with Crippen molar-refractivity contribution in [3.8, 4) is 6.07 Å². The zero-order chi connectivity index (χ0) is 11.6. The molecule has 0 radical (unpaired) electrons. The van der Waals surface area contributed by atoms with Crippen molar-refractivity contribution < 1.29 is 9.53 Å². The molecule has 4 heteroatoms. The van der Waals surface area contributed by atoms with E-state index in [1.165, 1.54) is 4.90 Å². The standard InChI is InChI=1S/C11H18N2O2/c1-8-5-9(6-12)13(7-8)10(14)15-11(2,3)4/h8-9H,5,7H2,1-4H3/t8-,9-/m0/s1. The second-order valence-corrected chi connectivity index (χ2v) is 5.12. The third-order valence-electron chi connectivity index (χ3n) is 2.29. The minimum absolute atomic E-state index is 0.324. The van der Waals surface area contributed by atoms with Gasteiger partial charge in [-0.15, -0.1) is 0 Å². The summed E-state index contributed by atoms with van der Waals surface area (Å²) in [6.45, 7) is 8.13. The van der Waals surface area contributed by atoms with Crippen LogP contribution in [-0.4, -0.2) is 29.2 Å². The van der Waals surface area contributed by atoms with Crippen LogP contribution in [0, 0.1) is 17.2 Å². The summed E-state index contributed by atoms with van der Waals surface area (Å²) in [5.41, 5.74) is -0.497. The van der Waals surface area contributed by atoms with E-state index in [9.17, 15) is 4.79 Å². The summed E-state index contributed by atoms with van der Waals surface area (Å²) in [7, 11) is 0. The van der Waals surface area contributed by atoms with E-state index in [2.05, 4.69) is 6.07 Å². The smallest absolute Gasteiger partial charge is 0.411 e. The van der Waals surface area contributed by atoms with Crippen molar-refractivity contribution in [3.63, 3.8) is 0 Å². The molecule has 0 bridgehead atoms. The van der Waals surface area contributed by atoms with E-state index in [0.717, 1.165) is 6.42 Å². The monoisotopic (exact) mass is 210 g/mol. The Morgan fingerprint density at radius 3 is 2.60 bits per heavy atom. The van der Waals surface area contributed by atoms with E-state index in [1.54, 1.807) is 0 Å². The van der Waals surface area contributed by atoms with E-state index in [0.29, 0.717) is 12.5 Å². The van der Waals surface area contributed by atoms with Crippen LogP contribution >= 0.6 is 0 Å². The van der Waals surface area contributed by atoms with Crippen LogP contribution in [0.1, 0.15) is 34.1 Å². The Morgan fingerprint density at radius 1 is 1.53 bits per heavy atom. The van der Waals surface area contributed by atoms with Crippen molar-refractivity contribution in [1.82, 2.24) is 4.90 Å². The molecule has 0 aromatic rings. The molecule has 4 nitrogen and oxygen atoms in total. The van der Waals surface area contributed by atoms with Crippen molar-refractivity contribution >= 4 is 6.09 Å². The number of likely N-dealkylation sites (tertiary alicyclic amines) is 1. The Balaban J connectivity index is 2.64. The molecular formula is C11H18N2O2. The van der Waals surface area contributed by atoms with Gasteiger partial charge < -0.3 is 4.74 Å². The number of carbonyl (C=O) groups is 1. The van der Waals surface area contributed by atoms with Gasteiger partial charge in [0.15, 0.2) is 0 Å². The summed E-state index contributed by atoms with van der Waals surface area (Å²) in [6, 6.07) is 1.81. The van der Waals surface area contributed by atoms with Gasteiger partial charge >= 0.3 is 6.09 Å². The molecule has 0 aromatic carbocycles. The number of nitriles is 1. The van der Waals surface area contributed by atoms with Crippen LogP contribution in [0.3, 0.4) is 0 Å². The van der Waals surface area contributed by atoms with Crippen LogP contribution < -0.4 is 0 Å². The van der Waals surface area contributed by atoms with Crippen molar-refractivity contribution in [2.45, 2.75) is 45.8 Å². The Kier molecular flexibility index (Phi) is 3.23. The summed E-state index contributed by atoms with van der Waals surface area (Å²) >= 11 is 0. The first-order chi connectivity index (χ1) is 6.83. The molecule has 2 atom stereocenters. The Hall–Kier alpha value is -1.24. The lowest BCUT2D eigenvalue weighted by atomic mass is 10.1. The van der Waals surface area contributed by atoms with Gasteiger partial charge in [0, 0.05) is 6.54 Å². The van der Waals surface area contributed by atoms with Gasteiger partial charge in [-0.3, -0.25) is 4.90 Å². The molecule has 1 saturated heterocycles. The van der Waals surface area contributed by atoms with Crippen molar-refractivity contribution in [3.05, 3.63) is 0 Å². The number of rotatable bonds is 0. The first-order valence-corrected chi connectivity index (χ1v) is 5.22. The highest BCUT2D eigenvalue weighted by Gasteiger charge is 2.35. The average Bonchev–Trinajstić information content (AvgIpc) is 2.43. The van der Waals surface area contributed by atoms with Crippen LogP contribution in [0.15, 0.2) is 0 Å². The molecule has 0 unspecified atom stereocenters. The molecule has 0 saturated carbocycles. The molecule has 0 aromatic heterocycles. The lowest BCUT2D eigenvalue weighted by molar-refractivity contribution is 0.0255. The van der Waals surface area contributed by atoms with E-state index in [4.69, 9.17) is 10.00 Å². The molecule has 1 amide bonds. The fourth-order valence-corrected chi connectivity index (χ4v) is 1.69. The predicted molar refractivity (Wildman–Crippen MR) is 56.1 cm³/mol. The number of carbonyl (C=O) groups excluding carboxylic acids is 1. The van der Waals surface area contributed by atoms with Gasteiger partial charge in [0.2, 0.25) is 0 Å². The summed E-state index contributed by atoms with van der Waals surface area (Å²) < 4.78 is 5.24. The first kappa shape index (κ1) is 11.8. The normalized spacial score (nSPS) is 26.2. The highest BCUT2D eigenvalue weighted by Crippen LogP contribution is 2.24. The largest absolute Gasteiger partial charge is 0.444 e. The number of hydrogen-bond acceptors (Lipinski definition) is 3. The SMILES string of the molecule is C[C@H]1C[C@@H](C#N)N(C(=O)OC(C)(C)C)C1. The maximum absolute atomic E-state index is 11.7. The first-order valence-electron chi connectivity index (χ1n) is 5.22. The highest BCUT2D eigenvalue weighted by molar-refractivity contribution is 5.69. The number of hydrogen-bond donors (Lipinski definition) is 0. The number of nitrogens with zero attached hydrogens (tertiary/aromatic N) is 2. The van der Waals surface area contributed by atoms with Crippen LogP contribution in [0.4, 0.5) is 4.79 Å². The Morgan fingerprint density at radius 2 is 2.13 bits per heavy atom. The second-order valence-electron chi connectivity index (χ2n) is 5.12. The van der Waals surface area contributed by atoms with E-state index in [1.807, 2.05) is 27.7 Å². The minimum atomic E-state index is -0.497. The van der Waals surface area contributed by atoms with Gasteiger partial charge in [-0.2, -0.15) is 5.26 Å². The molecule has 1 aliphatic heterocycles. The highest BCUT2D eigenvalue weighted by atomic mass is 16.6. The van der Waals surface area contributed by atoms with Gasteiger partial charge in [-0.1, -0.05) is 6.92 Å². The number of amides is 1. The molecular weight excluding hydrogens is 192 g/mol. The Bertz CT molecular complexity index is 288. The van der Waals surface area contributed by atoms with Gasteiger partial charge in [0.05, 0.1) is 6.07 Å². The van der Waals surface area contributed by atoms with Gasteiger partial charge in [0.1, 0.15) is 11.6 Å². The van der Waals surface area contributed by atoms with Crippen molar-refractivity contribution in [2.24, 2.45) is 5.92 Å². The van der Waals surface area contributed by atoms with Crippen LogP contribution in [0.2, 0.25) is 0 Å². The van der Waals surface area contributed by atoms with Crippen molar-refractivity contribution in [1.29, 1.82) is 5.26 Å². The molecule has 1 aliphatic rings. The maximum Gasteiger partial charge on any atom is 0.411 e. The fourth-order valence-electron chi connectivity index (χ4n) is 1.69. The van der Waals surface area contributed by atoms with Crippen LogP contribution in [0.25, 0.3) is 0 Å². The molecule has 84 valence electrons. The third-order valence-corrected chi connectivity index (χ3v) is 2.29. The molecule has 0 aliphatic carbocycles. The zero-order valence-electron chi connectivity index (χ0n) is 9.78. The topological polar surface area (TPSA) is 53.3 Å². The van der Waals surface area contributed by atoms with Gasteiger partial charge in [-0.05, 0) is 33.1 Å². The lowest BCUT2D eigenvalue weighted by Gasteiger charge is -2.25. The lowest BCUT2D eigenvalue weighted by Crippen LogP contribution is -2.39. The predicted octanol–water partition coefficient (Wildman–Crippen LogP) is 2.16. The van der Waals surface area contributed by atoms with E-state index < -0.39 is 5.60 Å². The molecule has 0 N–H and O–H groups in total. The zero-order valence-corrected chi connectivity index (χ0v) is 9.78. The quantitative estimate of drug-likeness (QED) is 0.615. The third kappa shape index (κ3) is 3.12. The Labute approximate surface area is 90.8 Å². The van der Waals surface area contributed by atoms with Crippen LogP contribution in [-0.2, 0) is 4.74 Å². The molecule has 1 fully saturated rings. The van der Waals surface area contributed by atoms with E-state index in [-0.39, 0.29) is 12.1 Å². The summed E-state index contributed by atoms with van der Waals surface area (Å²) in [4.78, 5) is 13.3.